The Hall–Kier alpha value is -2.94. The van der Waals surface area contributed by atoms with Crippen molar-refractivity contribution in [2.75, 3.05) is 0 Å². The molecule has 0 radical (unpaired) electrons. The van der Waals surface area contributed by atoms with Crippen molar-refractivity contribution >= 4 is 11.0 Å². The fraction of sp³-hybridized carbons (Fsp3) is 0.400. The number of fused-ring (bicyclic) bond motifs is 1. The smallest absolute Gasteiger partial charge is 0.214 e. The van der Waals surface area contributed by atoms with Gasteiger partial charge < -0.3 is 0 Å². The van der Waals surface area contributed by atoms with E-state index in [0.717, 1.165) is 17.8 Å². The number of aryl methyl sites for hydroxylation is 4. The van der Waals surface area contributed by atoms with Gasteiger partial charge in [0.1, 0.15) is 12.9 Å². The lowest BCUT2D eigenvalue weighted by molar-refractivity contribution is -0.659. The van der Waals surface area contributed by atoms with Crippen molar-refractivity contribution in [1.29, 1.82) is 0 Å². The second kappa shape index (κ2) is 8.78. The first kappa shape index (κ1) is 23.2. The van der Waals surface area contributed by atoms with Gasteiger partial charge in [-0.1, -0.05) is 64.4 Å². The summed E-state index contributed by atoms with van der Waals surface area (Å²) in [5, 5.41) is 0. The zero-order valence-electron chi connectivity index (χ0n) is 21.7. The third-order valence-corrected chi connectivity index (χ3v) is 6.95. The highest BCUT2D eigenvalue weighted by molar-refractivity contribution is 5.82. The molecule has 0 fully saturated rings. The largest absolute Gasteiger partial charge is 0.295 e. The van der Waals surface area contributed by atoms with Gasteiger partial charge in [-0.3, -0.25) is 4.57 Å². The lowest BCUT2D eigenvalue weighted by Gasteiger charge is -2.22. The Morgan fingerprint density at radius 1 is 0.939 bits per heavy atom. The monoisotopic (exact) mass is 440 g/mol. The molecule has 4 aromatic rings. The Kier molecular flexibility index (Phi) is 6.18. The van der Waals surface area contributed by atoms with Gasteiger partial charge in [0.2, 0.25) is 5.69 Å². The quantitative estimate of drug-likeness (QED) is 0.299. The van der Waals surface area contributed by atoms with E-state index in [1.165, 1.54) is 50.3 Å². The first-order valence-electron chi connectivity index (χ1n) is 12.3. The van der Waals surface area contributed by atoms with Crippen LogP contribution in [0.2, 0.25) is 0 Å². The first-order valence-corrected chi connectivity index (χ1v) is 12.3. The molecule has 0 atom stereocenters. The van der Waals surface area contributed by atoms with E-state index in [1.807, 2.05) is 0 Å². The number of aromatic nitrogens is 3. The second-order valence-electron chi connectivity index (χ2n) is 10.1. The zero-order valence-corrected chi connectivity index (χ0v) is 21.7. The Morgan fingerprint density at radius 2 is 1.58 bits per heavy atom. The molecule has 0 aliphatic rings. The fourth-order valence-electron chi connectivity index (χ4n) is 5.05. The van der Waals surface area contributed by atoms with Crippen LogP contribution in [0.5, 0.6) is 0 Å². The lowest BCUT2D eigenvalue weighted by atomic mass is 9.92. The number of hydrogen-bond donors (Lipinski definition) is 0. The highest BCUT2D eigenvalue weighted by atomic mass is 15.1. The summed E-state index contributed by atoms with van der Waals surface area (Å²) in [4.78, 5) is 5.10. The summed E-state index contributed by atoms with van der Waals surface area (Å²) in [6.45, 7) is 18.0. The number of pyridine rings is 1. The first-order chi connectivity index (χ1) is 15.6. The zero-order chi connectivity index (χ0) is 24.0. The van der Waals surface area contributed by atoms with Crippen molar-refractivity contribution in [3.05, 3.63) is 76.2 Å². The highest BCUT2D eigenvalue weighted by Crippen LogP contribution is 2.35. The van der Waals surface area contributed by atoms with E-state index < -0.39 is 0 Å². The van der Waals surface area contributed by atoms with Crippen molar-refractivity contribution in [3.63, 3.8) is 0 Å². The highest BCUT2D eigenvalue weighted by Gasteiger charge is 2.24. The number of para-hydroxylation sites is 1. The standard InChI is InChI=1S/C30H38N3/c1-10-29-31-26-17-32(9)27(25-15-20(6)14-21(7)22(25)8)16-28(26)33(29)30-23(18(2)3)12-11-13-24(30)19(4)5/h11-19H,10H2,1-9H3/q+1. The van der Waals surface area contributed by atoms with Gasteiger partial charge in [0.05, 0.1) is 11.2 Å². The summed E-state index contributed by atoms with van der Waals surface area (Å²) >= 11 is 0. The predicted molar refractivity (Wildman–Crippen MR) is 139 cm³/mol. The van der Waals surface area contributed by atoms with Crippen LogP contribution in [0, 0.1) is 20.8 Å². The van der Waals surface area contributed by atoms with Crippen LogP contribution in [0.25, 0.3) is 28.0 Å². The van der Waals surface area contributed by atoms with Gasteiger partial charge in [0, 0.05) is 18.1 Å². The molecular formula is C30H38N3+. The molecule has 3 nitrogen and oxygen atoms in total. The number of hydrogen-bond acceptors (Lipinski definition) is 1. The molecule has 2 aromatic carbocycles. The van der Waals surface area contributed by atoms with Gasteiger partial charge in [-0.2, -0.15) is 4.57 Å². The van der Waals surface area contributed by atoms with Crippen molar-refractivity contribution in [3.8, 4) is 16.9 Å². The second-order valence-corrected chi connectivity index (χ2v) is 10.1. The minimum atomic E-state index is 0.432. The summed E-state index contributed by atoms with van der Waals surface area (Å²) in [6.07, 6.45) is 3.09. The van der Waals surface area contributed by atoms with Gasteiger partial charge in [-0.05, 0) is 60.9 Å². The molecule has 4 rings (SSSR count). The molecule has 0 spiro atoms. The number of imidazole rings is 1. The third-order valence-electron chi connectivity index (χ3n) is 6.95. The van der Waals surface area contributed by atoms with Crippen molar-refractivity contribution in [2.24, 2.45) is 7.05 Å². The summed E-state index contributed by atoms with van der Waals surface area (Å²) in [7, 11) is 2.14. The van der Waals surface area contributed by atoms with E-state index >= 15 is 0 Å². The fourth-order valence-corrected chi connectivity index (χ4v) is 5.05. The SMILES string of the molecule is CCc1nc2c[n+](C)c(-c3cc(C)cc(C)c3C)cc2n1-c1c(C(C)C)cccc1C(C)C. The molecule has 0 bridgehead atoms. The molecule has 2 aromatic heterocycles. The van der Waals surface area contributed by atoms with Crippen LogP contribution in [-0.2, 0) is 13.5 Å². The van der Waals surface area contributed by atoms with Crippen LogP contribution < -0.4 is 4.57 Å². The maximum absolute atomic E-state index is 5.10. The summed E-state index contributed by atoms with van der Waals surface area (Å²) in [6, 6.07) is 13.7. The molecular weight excluding hydrogens is 402 g/mol. The summed E-state index contributed by atoms with van der Waals surface area (Å²) in [5.74, 6) is 1.98. The van der Waals surface area contributed by atoms with Crippen LogP contribution in [0.15, 0.2) is 42.6 Å². The van der Waals surface area contributed by atoms with E-state index in [2.05, 4.69) is 114 Å². The van der Waals surface area contributed by atoms with Crippen LogP contribution in [0.1, 0.15) is 80.1 Å². The maximum atomic E-state index is 5.10. The Balaban J connectivity index is 2.12. The molecule has 33 heavy (non-hydrogen) atoms. The lowest BCUT2D eigenvalue weighted by Crippen LogP contribution is -2.31. The topological polar surface area (TPSA) is 21.7 Å². The minimum absolute atomic E-state index is 0.432. The average molecular weight is 441 g/mol. The molecule has 2 heterocycles. The van der Waals surface area contributed by atoms with E-state index in [0.29, 0.717) is 11.8 Å². The molecule has 0 amide bonds. The van der Waals surface area contributed by atoms with Crippen LogP contribution in [0.3, 0.4) is 0 Å². The summed E-state index contributed by atoms with van der Waals surface area (Å²) < 4.78 is 4.68. The molecule has 0 aliphatic heterocycles. The van der Waals surface area contributed by atoms with Crippen molar-refractivity contribution in [2.45, 2.75) is 73.6 Å². The third kappa shape index (κ3) is 3.99. The predicted octanol–water partition coefficient (Wildman–Crippen LogP) is 7.25. The van der Waals surface area contributed by atoms with E-state index in [9.17, 15) is 0 Å². The Labute approximate surface area is 199 Å². The van der Waals surface area contributed by atoms with Gasteiger partial charge in [-0.25, -0.2) is 4.98 Å². The molecule has 3 heteroatoms. The molecule has 172 valence electrons. The molecule has 0 saturated carbocycles. The number of rotatable bonds is 5. The van der Waals surface area contributed by atoms with Crippen LogP contribution in [0.4, 0.5) is 0 Å². The van der Waals surface area contributed by atoms with E-state index in [-0.39, 0.29) is 0 Å². The maximum Gasteiger partial charge on any atom is 0.214 e. The molecule has 0 saturated heterocycles. The van der Waals surface area contributed by atoms with Crippen LogP contribution >= 0.6 is 0 Å². The van der Waals surface area contributed by atoms with Crippen molar-refractivity contribution < 1.29 is 4.57 Å². The van der Waals surface area contributed by atoms with E-state index in [1.54, 1.807) is 0 Å². The van der Waals surface area contributed by atoms with Crippen LogP contribution in [-0.4, -0.2) is 9.55 Å². The minimum Gasteiger partial charge on any atom is -0.295 e. The Bertz CT molecular complexity index is 1310. The van der Waals surface area contributed by atoms with E-state index in [4.69, 9.17) is 4.98 Å². The molecule has 0 aliphatic carbocycles. The summed E-state index contributed by atoms with van der Waals surface area (Å²) in [5.41, 5.74) is 12.8. The molecule has 0 N–H and O–H groups in total. The normalized spacial score (nSPS) is 11.8. The number of benzene rings is 2. The van der Waals surface area contributed by atoms with Gasteiger partial charge in [0.15, 0.2) is 11.7 Å². The number of nitrogens with zero attached hydrogens (tertiary/aromatic N) is 3. The molecule has 0 unspecified atom stereocenters. The van der Waals surface area contributed by atoms with Crippen molar-refractivity contribution in [1.82, 2.24) is 9.55 Å². The Morgan fingerprint density at radius 3 is 2.15 bits per heavy atom. The van der Waals surface area contributed by atoms with Gasteiger partial charge in [0.25, 0.3) is 0 Å². The average Bonchev–Trinajstić information content (AvgIpc) is 3.11. The van der Waals surface area contributed by atoms with Gasteiger partial charge in [-0.15, -0.1) is 0 Å². The van der Waals surface area contributed by atoms with Gasteiger partial charge >= 0.3 is 0 Å².